The number of rotatable bonds is 3. The Morgan fingerprint density at radius 1 is 1.47 bits per heavy atom. The average Bonchev–Trinajstić information content (AvgIpc) is 2.69. The molecule has 78 valence electrons. The number of imidazole rings is 1. The molecule has 1 heterocycles. The molecule has 0 unspecified atom stereocenters. The van der Waals surface area contributed by atoms with E-state index < -0.39 is 0 Å². The maximum Gasteiger partial charge on any atom is 0.125 e. The van der Waals surface area contributed by atoms with Crippen LogP contribution in [-0.2, 0) is 6.54 Å². The third kappa shape index (κ3) is 2.73. The molecule has 0 amide bonds. The quantitative estimate of drug-likeness (QED) is 0.907. The van der Waals surface area contributed by atoms with Crippen molar-refractivity contribution < 1.29 is 0 Å². The normalized spacial score (nSPS) is 10.3. The molecule has 2 aromatic rings. The van der Waals surface area contributed by atoms with Crippen molar-refractivity contribution in [3.63, 3.8) is 0 Å². The van der Waals surface area contributed by atoms with Crippen LogP contribution in [0, 0.1) is 0 Å². The van der Waals surface area contributed by atoms with Gasteiger partial charge >= 0.3 is 0 Å². The fourth-order valence-corrected chi connectivity index (χ4v) is 1.95. The SMILES string of the molecule is Clc1cc(Br)ccc1NCc1ncc[nH]1. The molecule has 0 saturated carbocycles. The second kappa shape index (κ2) is 4.68. The molecular weight excluding hydrogens is 277 g/mol. The van der Waals surface area contributed by atoms with E-state index in [-0.39, 0.29) is 0 Å². The second-order valence-corrected chi connectivity index (χ2v) is 4.34. The molecule has 5 heteroatoms. The number of hydrogen-bond donors (Lipinski definition) is 2. The van der Waals surface area contributed by atoms with Gasteiger partial charge in [-0.3, -0.25) is 0 Å². The lowest BCUT2D eigenvalue weighted by Gasteiger charge is -2.06. The molecule has 0 aliphatic rings. The van der Waals surface area contributed by atoms with E-state index in [9.17, 15) is 0 Å². The number of hydrogen-bond acceptors (Lipinski definition) is 2. The van der Waals surface area contributed by atoms with Crippen LogP contribution in [0.4, 0.5) is 5.69 Å². The van der Waals surface area contributed by atoms with Crippen LogP contribution in [0.1, 0.15) is 5.82 Å². The highest BCUT2D eigenvalue weighted by Gasteiger charge is 2.01. The number of nitrogens with one attached hydrogen (secondary N) is 2. The van der Waals surface area contributed by atoms with Gasteiger partial charge < -0.3 is 10.3 Å². The summed E-state index contributed by atoms with van der Waals surface area (Å²) in [6.45, 7) is 0.633. The van der Waals surface area contributed by atoms with E-state index in [0.717, 1.165) is 16.0 Å². The van der Waals surface area contributed by atoms with Gasteiger partial charge in [0, 0.05) is 16.9 Å². The number of benzene rings is 1. The summed E-state index contributed by atoms with van der Waals surface area (Å²) in [5, 5.41) is 3.89. The van der Waals surface area contributed by atoms with Crippen molar-refractivity contribution in [1.82, 2.24) is 9.97 Å². The van der Waals surface area contributed by atoms with Crippen LogP contribution < -0.4 is 5.32 Å². The molecule has 0 bridgehead atoms. The first-order valence-corrected chi connectivity index (χ1v) is 5.60. The highest BCUT2D eigenvalue weighted by Crippen LogP contribution is 2.25. The minimum atomic E-state index is 0.633. The van der Waals surface area contributed by atoms with Crippen LogP contribution in [0.25, 0.3) is 0 Å². The molecule has 0 spiro atoms. The van der Waals surface area contributed by atoms with Gasteiger partial charge in [0.05, 0.1) is 17.3 Å². The number of H-pyrrole nitrogens is 1. The average molecular weight is 287 g/mol. The van der Waals surface area contributed by atoms with Crippen LogP contribution >= 0.6 is 27.5 Å². The molecule has 2 N–H and O–H groups in total. The Balaban J connectivity index is 2.05. The molecular formula is C10H9BrClN3. The molecule has 0 fully saturated rings. The minimum Gasteiger partial charge on any atom is -0.377 e. The van der Waals surface area contributed by atoms with Crippen molar-refractivity contribution in [2.45, 2.75) is 6.54 Å². The highest BCUT2D eigenvalue weighted by atomic mass is 79.9. The first-order valence-electron chi connectivity index (χ1n) is 4.43. The summed E-state index contributed by atoms with van der Waals surface area (Å²) in [4.78, 5) is 7.12. The molecule has 0 atom stereocenters. The van der Waals surface area contributed by atoms with E-state index in [4.69, 9.17) is 11.6 Å². The van der Waals surface area contributed by atoms with Crippen LogP contribution in [0.3, 0.4) is 0 Å². The Morgan fingerprint density at radius 3 is 3.00 bits per heavy atom. The number of nitrogens with zero attached hydrogens (tertiary/aromatic N) is 1. The van der Waals surface area contributed by atoms with Crippen LogP contribution in [0.15, 0.2) is 35.1 Å². The lowest BCUT2D eigenvalue weighted by Crippen LogP contribution is -2.01. The summed E-state index contributed by atoms with van der Waals surface area (Å²) in [6, 6.07) is 5.72. The van der Waals surface area contributed by atoms with Gasteiger partial charge in [-0.25, -0.2) is 4.98 Å². The van der Waals surface area contributed by atoms with E-state index in [1.807, 2.05) is 18.2 Å². The van der Waals surface area contributed by atoms with E-state index in [1.54, 1.807) is 12.4 Å². The van der Waals surface area contributed by atoms with Crippen LogP contribution in [0.5, 0.6) is 0 Å². The van der Waals surface area contributed by atoms with Gasteiger partial charge in [-0.05, 0) is 18.2 Å². The molecule has 2 rings (SSSR count). The molecule has 0 aliphatic carbocycles. The first kappa shape index (κ1) is 10.5. The third-order valence-corrected chi connectivity index (χ3v) is 2.74. The summed E-state index contributed by atoms with van der Waals surface area (Å²) >= 11 is 9.40. The van der Waals surface area contributed by atoms with Crippen LogP contribution in [-0.4, -0.2) is 9.97 Å². The van der Waals surface area contributed by atoms with Crippen molar-refractivity contribution >= 4 is 33.2 Å². The second-order valence-electron chi connectivity index (χ2n) is 3.01. The Labute approximate surface area is 101 Å². The van der Waals surface area contributed by atoms with Crippen molar-refractivity contribution in [2.24, 2.45) is 0 Å². The Morgan fingerprint density at radius 2 is 2.33 bits per heavy atom. The van der Waals surface area contributed by atoms with E-state index in [0.29, 0.717) is 11.6 Å². The zero-order valence-corrected chi connectivity index (χ0v) is 10.1. The largest absolute Gasteiger partial charge is 0.377 e. The van der Waals surface area contributed by atoms with Gasteiger partial charge in [0.15, 0.2) is 0 Å². The Bertz CT molecular complexity index is 442. The summed E-state index contributed by atoms with van der Waals surface area (Å²) in [5.41, 5.74) is 0.899. The van der Waals surface area contributed by atoms with Crippen molar-refractivity contribution in [3.8, 4) is 0 Å². The minimum absolute atomic E-state index is 0.633. The molecule has 3 nitrogen and oxygen atoms in total. The zero-order chi connectivity index (χ0) is 10.7. The molecule has 1 aromatic carbocycles. The van der Waals surface area contributed by atoms with Gasteiger partial charge in [0.25, 0.3) is 0 Å². The molecule has 0 radical (unpaired) electrons. The first-order chi connectivity index (χ1) is 7.25. The number of aromatic amines is 1. The molecule has 0 saturated heterocycles. The van der Waals surface area contributed by atoms with Crippen molar-refractivity contribution in [2.75, 3.05) is 5.32 Å². The Hall–Kier alpha value is -1.00. The smallest absolute Gasteiger partial charge is 0.125 e. The lowest BCUT2D eigenvalue weighted by atomic mass is 10.3. The lowest BCUT2D eigenvalue weighted by molar-refractivity contribution is 1.00. The molecule has 15 heavy (non-hydrogen) atoms. The summed E-state index contributed by atoms with van der Waals surface area (Å²) in [7, 11) is 0. The van der Waals surface area contributed by atoms with Gasteiger partial charge in [-0.15, -0.1) is 0 Å². The van der Waals surface area contributed by atoms with Gasteiger partial charge in [-0.1, -0.05) is 27.5 Å². The monoisotopic (exact) mass is 285 g/mol. The van der Waals surface area contributed by atoms with E-state index in [2.05, 4.69) is 31.2 Å². The maximum absolute atomic E-state index is 6.05. The number of aromatic nitrogens is 2. The predicted molar refractivity (Wildman–Crippen MR) is 65.1 cm³/mol. The van der Waals surface area contributed by atoms with Crippen molar-refractivity contribution in [3.05, 3.63) is 45.9 Å². The molecule has 1 aromatic heterocycles. The Kier molecular flexibility index (Phi) is 3.28. The van der Waals surface area contributed by atoms with E-state index >= 15 is 0 Å². The third-order valence-electron chi connectivity index (χ3n) is 1.93. The highest BCUT2D eigenvalue weighted by molar-refractivity contribution is 9.10. The number of anilines is 1. The topological polar surface area (TPSA) is 40.7 Å². The van der Waals surface area contributed by atoms with Crippen molar-refractivity contribution in [1.29, 1.82) is 0 Å². The fraction of sp³-hybridized carbons (Fsp3) is 0.100. The van der Waals surface area contributed by atoms with Gasteiger partial charge in [-0.2, -0.15) is 0 Å². The number of halogens is 2. The van der Waals surface area contributed by atoms with Gasteiger partial charge in [0.1, 0.15) is 5.82 Å². The summed E-state index contributed by atoms with van der Waals surface area (Å²) in [6.07, 6.45) is 3.51. The maximum atomic E-state index is 6.05. The summed E-state index contributed by atoms with van der Waals surface area (Å²) < 4.78 is 0.969. The molecule has 0 aliphatic heterocycles. The summed E-state index contributed by atoms with van der Waals surface area (Å²) in [5.74, 6) is 0.883. The van der Waals surface area contributed by atoms with Gasteiger partial charge in [0.2, 0.25) is 0 Å². The predicted octanol–water partition coefficient (Wildman–Crippen LogP) is 3.44. The van der Waals surface area contributed by atoms with E-state index in [1.165, 1.54) is 0 Å². The standard InChI is InChI=1S/C10H9BrClN3/c11-7-1-2-9(8(12)5-7)15-6-10-13-3-4-14-10/h1-5,15H,6H2,(H,13,14). The fourth-order valence-electron chi connectivity index (χ4n) is 1.21. The van der Waals surface area contributed by atoms with Crippen LogP contribution in [0.2, 0.25) is 5.02 Å². The zero-order valence-electron chi connectivity index (χ0n) is 7.80.